The minimum atomic E-state index is -0.696. The third-order valence-electron chi connectivity index (χ3n) is 3.09. The van der Waals surface area contributed by atoms with E-state index in [0.717, 1.165) is 23.2 Å². The van der Waals surface area contributed by atoms with Crippen LogP contribution in [0.15, 0.2) is 0 Å². The van der Waals surface area contributed by atoms with Crippen LogP contribution in [0.5, 0.6) is 0 Å². The maximum atomic E-state index is 12.1. The number of nitrogens with zero attached hydrogens (tertiary/aromatic N) is 3. The molecule has 1 unspecified atom stereocenters. The summed E-state index contributed by atoms with van der Waals surface area (Å²) in [5, 5.41) is 4.27. The molecule has 0 aliphatic carbocycles. The van der Waals surface area contributed by atoms with Gasteiger partial charge in [-0.25, -0.2) is 4.79 Å². The first-order chi connectivity index (χ1) is 9.08. The van der Waals surface area contributed by atoms with Gasteiger partial charge in [-0.1, -0.05) is 0 Å². The number of likely N-dealkylation sites (N-methyl/N-ethyl adjacent to an activating group) is 1. The molecule has 0 aliphatic rings. The lowest BCUT2D eigenvalue weighted by Crippen LogP contribution is -2.37. The van der Waals surface area contributed by atoms with E-state index in [1.807, 2.05) is 13.8 Å². The molecule has 1 aromatic rings. The zero-order valence-electron chi connectivity index (χ0n) is 13.2. The summed E-state index contributed by atoms with van der Waals surface area (Å²) >= 11 is 0. The molecule has 112 valence electrons. The highest BCUT2D eigenvalue weighted by Gasteiger charge is 2.29. The molecule has 0 bridgehead atoms. The molecule has 20 heavy (non-hydrogen) atoms. The summed E-state index contributed by atoms with van der Waals surface area (Å²) in [4.78, 5) is 24.8. The first-order valence-corrected chi connectivity index (χ1v) is 6.49. The smallest absolute Gasteiger partial charge is 0.410 e. The average Bonchev–Trinajstić information content (AvgIpc) is 2.54. The van der Waals surface area contributed by atoms with E-state index in [-0.39, 0.29) is 0 Å². The molecule has 0 radical (unpaired) electrons. The molecule has 0 aliphatic heterocycles. The van der Waals surface area contributed by atoms with Gasteiger partial charge in [0.05, 0.1) is 5.69 Å². The number of amides is 1. The Labute approximate surface area is 119 Å². The van der Waals surface area contributed by atoms with Crippen molar-refractivity contribution in [3.63, 3.8) is 0 Å². The van der Waals surface area contributed by atoms with Crippen molar-refractivity contribution in [3.8, 4) is 0 Å². The largest absolute Gasteiger partial charge is 0.444 e. The van der Waals surface area contributed by atoms with Gasteiger partial charge in [-0.05, 0) is 34.6 Å². The van der Waals surface area contributed by atoms with Crippen molar-refractivity contribution in [1.82, 2.24) is 14.7 Å². The number of aryl methyl sites for hydroxylation is 2. The summed E-state index contributed by atoms with van der Waals surface area (Å²) in [6, 6.07) is -0.696. The average molecular weight is 281 g/mol. The third kappa shape index (κ3) is 3.37. The van der Waals surface area contributed by atoms with Crippen molar-refractivity contribution in [2.24, 2.45) is 7.05 Å². The van der Waals surface area contributed by atoms with Gasteiger partial charge in [0.2, 0.25) is 0 Å². The Morgan fingerprint density at radius 1 is 1.40 bits per heavy atom. The van der Waals surface area contributed by atoms with Crippen molar-refractivity contribution in [2.45, 2.75) is 46.3 Å². The van der Waals surface area contributed by atoms with Gasteiger partial charge in [0.15, 0.2) is 0 Å². The molecule has 0 spiro atoms. The van der Waals surface area contributed by atoms with Crippen molar-refractivity contribution in [3.05, 3.63) is 17.0 Å². The minimum absolute atomic E-state index is 0.530. The molecule has 1 rings (SSSR count). The van der Waals surface area contributed by atoms with E-state index in [1.165, 1.54) is 4.90 Å². The number of rotatable bonds is 3. The molecule has 0 N–H and O–H groups in total. The molecule has 0 saturated carbocycles. The topological polar surface area (TPSA) is 64.4 Å². The Bertz CT molecular complexity index is 514. The third-order valence-corrected chi connectivity index (χ3v) is 3.09. The highest BCUT2D eigenvalue weighted by atomic mass is 16.6. The summed E-state index contributed by atoms with van der Waals surface area (Å²) < 4.78 is 6.99. The first kappa shape index (κ1) is 16.2. The highest BCUT2D eigenvalue weighted by molar-refractivity contribution is 5.75. The van der Waals surface area contributed by atoms with Crippen LogP contribution in [0.3, 0.4) is 0 Å². The van der Waals surface area contributed by atoms with Crippen LogP contribution in [0, 0.1) is 13.8 Å². The molecule has 6 heteroatoms. The van der Waals surface area contributed by atoms with Crippen LogP contribution in [-0.4, -0.2) is 39.7 Å². The fourth-order valence-corrected chi connectivity index (χ4v) is 2.02. The van der Waals surface area contributed by atoms with E-state index in [2.05, 4.69) is 5.10 Å². The second kappa shape index (κ2) is 5.64. The SMILES string of the molecule is Cc1nn(C)c(C)c1C(C=O)N(C)C(=O)OC(C)(C)C. The number of carbonyl (C=O) groups is 2. The number of hydrogen-bond acceptors (Lipinski definition) is 4. The van der Waals surface area contributed by atoms with Gasteiger partial charge in [-0.15, -0.1) is 0 Å². The summed E-state index contributed by atoms with van der Waals surface area (Å²) in [5.41, 5.74) is 1.74. The number of ether oxygens (including phenoxy) is 1. The molecular weight excluding hydrogens is 258 g/mol. The van der Waals surface area contributed by atoms with Crippen LogP contribution in [-0.2, 0) is 16.6 Å². The molecule has 0 saturated heterocycles. The standard InChI is InChI=1S/C14H23N3O3/c1-9-12(10(2)17(7)15-9)11(8-18)16(6)13(19)20-14(3,4)5/h8,11H,1-7H3. The summed E-state index contributed by atoms with van der Waals surface area (Å²) in [7, 11) is 3.36. The minimum Gasteiger partial charge on any atom is -0.444 e. The van der Waals surface area contributed by atoms with Crippen LogP contribution in [0.2, 0.25) is 0 Å². The van der Waals surface area contributed by atoms with Crippen molar-refractivity contribution in [2.75, 3.05) is 7.05 Å². The molecule has 1 aromatic heterocycles. The lowest BCUT2D eigenvalue weighted by Gasteiger charge is -2.28. The second-order valence-electron chi connectivity index (χ2n) is 5.88. The van der Waals surface area contributed by atoms with Crippen LogP contribution < -0.4 is 0 Å². The number of aldehydes is 1. The lowest BCUT2D eigenvalue weighted by molar-refractivity contribution is -0.112. The fourth-order valence-electron chi connectivity index (χ4n) is 2.02. The number of carbonyl (C=O) groups excluding carboxylic acids is 2. The van der Waals surface area contributed by atoms with Crippen molar-refractivity contribution < 1.29 is 14.3 Å². The van der Waals surface area contributed by atoms with Crippen molar-refractivity contribution >= 4 is 12.4 Å². The monoisotopic (exact) mass is 281 g/mol. The predicted molar refractivity (Wildman–Crippen MR) is 75.5 cm³/mol. The van der Waals surface area contributed by atoms with Gasteiger partial charge in [0.1, 0.15) is 17.9 Å². The molecule has 0 fully saturated rings. The van der Waals surface area contributed by atoms with Crippen molar-refractivity contribution in [1.29, 1.82) is 0 Å². The molecule has 6 nitrogen and oxygen atoms in total. The normalized spacial score (nSPS) is 12.9. The van der Waals surface area contributed by atoms with E-state index in [0.29, 0.717) is 0 Å². The van der Waals surface area contributed by atoms with Gasteiger partial charge in [0.25, 0.3) is 0 Å². The maximum Gasteiger partial charge on any atom is 0.410 e. The van der Waals surface area contributed by atoms with E-state index in [4.69, 9.17) is 4.74 Å². The van der Waals surface area contributed by atoms with Gasteiger partial charge in [-0.2, -0.15) is 5.10 Å². The van der Waals surface area contributed by atoms with Gasteiger partial charge in [0, 0.05) is 25.4 Å². The quantitative estimate of drug-likeness (QED) is 0.796. The highest BCUT2D eigenvalue weighted by Crippen LogP contribution is 2.25. The summed E-state index contributed by atoms with van der Waals surface area (Å²) in [5.74, 6) is 0. The summed E-state index contributed by atoms with van der Waals surface area (Å²) in [6.45, 7) is 9.05. The molecule has 1 heterocycles. The predicted octanol–water partition coefficient (Wildman–Crippen LogP) is 2.14. The first-order valence-electron chi connectivity index (χ1n) is 6.49. The second-order valence-corrected chi connectivity index (χ2v) is 5.88. The Balaban J connectivity index is 3.07. The summed E-state index contributed by atoms with van der Waals surface area (Å²) in [6.07, 6.45) is 0.207. The number of hydrogen-bond donors (Lipinski definition) is 0. The van der Waals surface area contributed by atoms with Gasteiger partial charge in [-0.3, -0.25) is 9.58 Å². The van der Waals surface area contributed by atoms with Gasteiger partial charge < -0.3 is 9.53 Å². The van der Waals surface area contributed by atoms with Crippen LogP contribution in [0.25, 0.3) is 0 Å². The van der Waals surface area contributed by atoms with E-state index >= 15 is 0 Å². The lowest BCUT2D eigenvalue weighted by atomic mass is 10.1. The fraction of sp³-hybridized carbons (Fsp3) is 0.643. The maximum absolute atomic E-state index is 12.1. The zero-order valence-corrected chi connectivity index (χ0v) is 13.2. The Morgan fingerprint density at radius 3 is 2.30 bits per heavy atom. The zero-order chi connectivity index (χ0) is 15.7. The van der Waals surface area contributed by atoms with E-state index in [1.54, 1.807) is 39.5 Å². The molecular formula is C14H23N3O3. The van der Waals surface area contributed by atoms with Gasteiger partial charge >= 0.3 is 6.09 Å². The molecule has 1 atom stereocenters. The van der Waals surface area contributed by atoms with E-state index in [9.17, 15) is 9.59 Å². The Hall–Kier alpha value is -1.85. The molecule has 1 amide bonds. The Kier molecular flexibility index (Phi) is 4.57. The van der Waals surface area contributed by atoms with Crippen LogP contribution >= 0.6 is 0 Å². The van der Waals surface area contributed by atoms with E-state index < -0.39 is 17.7 Å². The van der Waals surface area contributed by atoms with Crippen LogP contribution in [0.4, 0.5) is 4.79 Å². The molecule has 0 aromatic carbocycles. The Morgan fingerprint density at radius 2 is 1.95 bits per heavy atom. The van der Waals surface area contributed by atoms with Crippen LogP contribution in [0.1, 0.15) is 43.8 Å². The number of aromatic nitrogens is 2.